The highest BCUT2D eigenvalue weighted by Gasteiger charge is 2.26. The molecule has 1 aromatic carbocycles. The van der Waals surface area contributed by atoms with Crippen molar-refractivity contribution in [1.29, 1.82) is 0 Å². The molecule has 0 atom stereocenters. The first-order valence-corrected chi connectivity index (χ1v) is 7.43. The van der Waals surface area contributed by atoms with Crippen molar-refractivity contribution in [3.8, 4) is 0 Å². The zero-order valence-corrected chi connectivity index (χ0v) is 12.2. The average molecular weight is 294 g/mol. The van der Waals surface area contributed by atoms with Crippen LogP contribution in [0.1, 0.15) is 31.2 Å². The van der Waals surface area contributed by atoms with E-state index in [2.05, 4.69) is 0 Å². The number of amides is 1. The SMILES string of the molecule is O=C(/C=C/c1cccc(Cl)c1)N(CCCO)C1CCC1. The molecule has 0 spiro atoms. The summed E-state index contributed by atoms with van der Waals surface area (Å²) in [6.45, 7) is 0.744. The fraction of sp³-hybridized carbons (Fsp3) is 0.438. The predicted molar refractivity (Wildman–Crippen MR) is 81.5 cm³/mol. The number of benzene rings is 1. The lowest BCUT2D eigenvalue weighted by Crippen LogP contribution is -2.44. The van der Waals surface area contributed by atoms with E-state index in [9.17, 15) is 4.79 Å². The zero-order chi connectivity index (χ0) is 14.4. The zero-order valence-electron chi connectivity index (χ0n) is 11.5. The molecule has 2 rings (SSSR count). The highest BCUT2D eigenvalue weighted by Crippen LogP contribution is 2.25. The number of aliphatic hydroxyl groups is 1. The molecular formula is C16H20ClNO2. The second-order valence-electron chi connectivity index (χ2n) is 5.08. The monoisotopic (exact) mass is 293 g/mol. The first kappa shape index (κ1) is 15.1. The van der Waals surface area contributed by atoms with E-state index in [0.717, 1.165) is 18.4 Å². The van der Waals surface area contributed by atoms with E-state index in [0.29, 0.717) is 24.0 Å². The molecule has 1 aromatic rings. The molecule has 0 heterocycles. The van der Waals surface area contributed by atoms with Gasteiger partial charge in [0.15, 0.2) is 0 Å². The summed E-state index contributed by atoms with van der Waals surface area (Å²) in [6, 6.07) is 7.76. The van der Waals surface area contributed by atoms with E-state index in [1.54, 1.807) is 12.2 Å². The Morgan fingerprint density at radius 2 is 2.25 bits per heavy atom. The van der Waals surface area contributed by atoms with Crippen molar-refractivity contribution in [1.82, 2.24) is 4.90 Å². The summed E-state index contributed by atoms with van der Waals surface area (Å²) < 4.78 is 0. The quantitative estimate of drug-likeness (QED) is 0.819. The van der Waals surface area contributed by atoms with Gasteiger partial charge in [0.05, 0.1) is 0 Å². The van der Waals surface area contributed by atoms with E-state index in [1.165, 1.54) is 6.42 Å². The van der Waals surface area contributed by atoms with Gasteiger partial charge in [0, 0.05) is 30.3 Å². The fourth-order valence-corrected chi connectivity index (χ4v) is 2.48. The fourth-order valence-electron chi connectivity index (χ4n) is 2.29. The minimum atomic E-state index is 0.0168. The van der Waals surface area contributed by atoms with Gasteiger partial charge in [-0.2, -0.15) is 0 Å². The second-order valence-corrected chi connectivity index (χ2v) is 5.52. The van der Waals surface area contributed by atoms with Crippen LogP contribution in [0.25, 0.3) is 6.08 Å². The molecule has 0 saturated heterocycles. The van der Waals surface area contributed by atoms with Crippen molar-refractivity contribution < 1.29 is 9.90 Å². The van der Waals surface area contributed by atoms with E-state index in [-0.39, 0.29) is 12.5 Å². The van der Waals surface area contributed by atoms with Crippen molar-refractivity contribution >= 4 is 23.6 Å². The van der Waals surface area contributed by atoms with Gasteiger partial charge in [0.25, 0.3) is 0 Å². The number of carbonyl (C=O) groups excluding carboxylic acids is 1. The molecule has 0 aromatic heterocycles. The van der Waals surface area contributed by atoms with Crippen LogP contribution in [0.3, 0.4) is 0 Å². The minimum Gasteiger partial charge on any atom is -0.396 e. The highest BCUT2D eigenvalue weighted by molar-refractivity contribution is 6.30. The maximum atomic E-state index is 12.3. The Morgan fingerprint density at radius 3 is 2.85 bits per heavy atom. The Balaban J connectivity index is 1.99. The Kier molecular flexibility index (Phi) is 5.62. The maximum Gasteiger partial charge on any atom is 0.246 e. The van der Waals surface area contributed by atoms with Crippen LogP contribution in [0.2, 0.25) is 5.02 Å². The van der Waals surface area contributed by atoms with Gasteiger partial charge in [-0.05, 0) is 49.5 Å². The molecule has 0 bridgehead atoms. The molecule has 1 fully saturated rings. The summed E-state index contributed by atoms with van der Waals surface area (Å²) in [5, 5.41) is 9.60. The molecule has 1 amide bonds. The van der Waals surface area contributed by atoms with Crippen molar-refractivity contribution in [2.75, 3.05) is 13.2 Å². The van der Waals surface area contributed by atoms with Crippen LogP contribution in [0.4, 0.5) is 0 Å². The first-order valence-electron chi connectivity index (χ1n) is 7.06. The summed E-state index contributed by atoms with van der Waals surface area (Å²) in [5.74, 6) is 0.0168. The summed E-state index contributed by atoms with van der Waals surface area (Å²) in [7, 11) is 0. The molecule has 20 heavy (non-hydrogen) atoms. The third-order valence-corrected chi connectivity index (χ3v) is 3.86. The number of rotatable bonds is 6. The molecule has 1 N–H and O–H groups in total. The molecule has 1 saturated carbocycles. The third-order valence-electron chi connectivity index (χ3n) is 3.62. The van der Waals surface area contributed by atoms with Gasteiger partial charge in [0.2, 0.25) is 5.91 Å². The Hall–Kier alpha value is -1.32. The molecular weight excluding hydrogens is 274 g/mol. The number of nitrogens with zero attached hydrogens (tertiary/aromatic N) is 1. The molecule has 1 aliphatic rings. The number of carbonyl (C=O) groups is 1. The van der Waals surface area contributed by atoms with Gasteiger partial charge in [-0.15, -0.1) is 0 Å². The van der Waals surface area contributed by atoms with Gasteiger partial charge in [-0.3, -0.25) is 4.79 Å². The Bertz CT molecular complexity index is 483. The number of aliphatic hydroxyl groups excluding tert-OH is 1. The minimum absolute atomic E-state index is 0.0168. The Morgan fingerprint density at radius 1 is 1.45 bits per heavy atom. The summed E-state index contributed by atoms with van der Waals surface area (Å²) in [4.78, 5) is 14.1. The number of hydrogen-bond acceptors (Lipinski definition) is 2. The van der Waals surface area contributed by atoms with Gasteiger partial charge in [-0.1, -0.05) is 23.7 Å². The summed E-state index contributed by atoms with van der Waals surface area (Å²) in [5.41, 5.74) is 0.918. The standard InChI is InChI=1S/C16H20ClNO2/c17-14-5-1-4-13(12-14)8-9-16(20)18(10-3-11-19)15-6-2-7-15/h1,4-5,8-9,12,15,19H,2-3,6-7,10-11H2/b9-8+. The van der Waals surface area contributed by atoms with E-state index < -0.39 is 0 Å². The highest BCUT2D eigenvalue weighted by atomic mass is 35.5. The molecule has 3 nitrogen and oxygen atoms in total. The van der Waals surface area contributed by atoms with E-state index >= 15 is 0 Å². The van der Waals surface area contributed by atoms with Crippen LogP contribution in [-0.2, 0) is 4.79 Å². The Labute approximate surface area is 124 Å². The smallest absolute Gasteiger partial charge is 0.246 e. The normalized spacial score (nSPS) is 15.3. The van der Waals surface area contributed by atoms with E-state index in [4.69, 9.17) is 16.7 Å². The van der Waals surface area contributed by atoms with Crippen LogP contribution < -0.4 is 0 Å². The maximum absolute atomic E-state index is 12.3. The average Bonchev–Trinajstić information content (AvgIpc) is 2.38. The first-order chi connectivity index (χ1) is 9.70. The van der Waals surface area contributed by atoms with Crippen LogP contribution in [0.15, 0.2) is 30.3 Å². The van der Waals surface area contributed by atoms with Crippen molar-refractivity contribution in [3.63, 3.8) is 0 Å². The van der Waals surface area contributed by atoms with Crippen LogP contribution in [-0.4, -0.2) is 35.1 Å². The molecule has 108 valence electrons. The molecule has 0 aliphatic heterocycles. The summed E-state index contributed by atoms with van der Waals surface area (Å²) >= 11 is 5.92. The molecule has 4 heteroatoms. The molecule has 0 radical (unpaired) electrons. The van der Waals surface area contributed by atoms with Crippen LogP contribution in [0, 0.1) is 0 Å². The van der Waals surface area contributed by atoms with Crippen molar-refractivity contribution in [3.05, 3.63) is 40.9 Å². The molecule has 1 aliphatic carbocycles. The predicted octanol–water partition coefficient (Wildman–Crippen LogP) is 3.12. The van der Waals surface area contributed by atoms with Gasteiger partial charge in [0.1, 0.15) is 0 Å². The lowest BCUT2D eigenvalue weighted by molar-refractivity contribution is -0.130. The second kappa shape index (κ2) is 7.46. The lowest BCUT2D eigenvalue weighted by atomic mass is 9.91. The molecule has 0 unspecified atom stereocenters. The van der Waals surface area contributed by atoms with Gasteiger partial charge >= 0.3 is 0 Å². The van der Waals surface area contributed by atoms with Crippen LogP contribution >= 0.6 is 11.6 Å². The van der Waals surface area contributed by atoms with Crippen LogP contribution in [0.5, 0.6) is 0 Å². The lowest BCUT2D eigenvalue weighted by Gasteiger charge is -2.37. The van der Waals surface area contributed by atoms with Crippen molar-refractivity contribution in [2.24, 2.45) is 0 Å². The largest absolute Gasteiger partial charge is 0.396 e. The number of halogens is 1. The topological polar surface area (TPSA) is 40.5 Å². The summed E-state index contributed by atoms with van der Waals surface area (Å²) in [6.07, 6.45) is 7.35. The van der Waals surface area contributed by atoms with Gasteiger partial charge < -0.3 is 10.0 Å². The van der Waals surface area contributed by atoms with Gasteiger partial charge in [-0.25, -0.2) is 0 Å². The van der Waals surface area contributed by atoms with E-state index in [1.807, 2.05) is 29.2 Å². The number of hydrogen-bond donors (Lipinski definition) is 1. The van der Waals surface area contributed by atoms with Crippen molar-refractivity contribution in [2.45, 2.75) is 31.7 Å². The third kappa shape index (κ3) is 4.09.